The Labute approximate surface area is 132 Å². The van der Waals surface area contributed by atoms with Crippen LogP contribution in [0, 0.1) is 6.92 Å². The number of aryl methyl sites for hydroxylation is 1. The molecule has 116 valence electrons. The van der Waals surface area contributed by atoms with E-state index < -0.39 is 0 Å². The van der Waals surface area contributed by atoms with Crippen LogP contribution in [0.3, 0.4) is 0 Å². The van der Waals surface area contributed by atoms with E-state index in [1.165, 1.54) is 0 Å². The summed E-state index contributed by atoms with van der Waals surface area (Å²) in [6.07, 6.45) is 3.32. The molecule has 3 rings (SSSR count). The van der Waals surface area contributed by atoms with Crippen molar-refractivity contribution < 1.29 is 9.53 Å². The van der Waals surface area contributed by atoms with Gasteiger partial charge in [0.05, 0.1) is 0 Å². The largest absolute Gasteiger partial charge is 0.484 e. The van der Waals surface area contributed by atoms with Crippen LogP contribution in [0.5, 0.6) is 5.75 Å². The molecule has 2 atom stereocenters. The van der Waals surface area contributed by atoms with Crippen LogP contribution in [-0.2, 0) is 4.79 Å². The van der Waals surface area contributed by atoms with Crippen LogP contribution in [-0.4, -0.2) is 42.6 Å². The summed E-state index contributed by atoms with van der Waals surface area (Å²) < 4.78 is 5.66. The van der Waals surface area contributed by atoms with Gasteiger partial charge in [-0.25, -0.2) is 0 Å². The van der Waals surface area contributed by atoms with Gasteiger partial charge < -0.3 is 15.0 Å². The summed E-state index contributed by atoms with van der Waals surface area (Å²) in [6.45, 7) is 4.11. The van der Waals surface area contributed by atoms with E-state index in [0.29, 0.717) is 12.1 Å². The molecule has 21 heavy (non-hydrogen) atoms. The highest BCUT2D eigenvalue weighted by atomic mass is 35.5. The molecule has 2 fully saturated rings. The number of carbonyl (C=O) groups excluding carboxylic acids is 1. The van der Waals surface area contributed by atoms with Gasteiger partial charge in [0.25, 0.3) is 5.91 Å². The normalized spacial score (nSPS) is 24.1. The van der Waals surface area contributed by atoms with Crippen LogP contribution in [0.4, 0.5) is 0 Å². The summed E-state index contributed by atoms with van der Waals surface area (Å²) in [4.78, 5) is 14.5. The van der Waals surface area contributed by atoms with Gasteiger partial charge in [-0.3, -0.25) is 4.79 Å². The molecular formula is C16H23ClN2O2. The first kappa shape index (κ1) is 16.1. The van der Waals surface area contributed by atoms with Crippen molar-refractivity contribution >= 4 is 18.3 Å². The number of nitrogens with zero attached hydrogens (tertiary/aromatic N) is 1. The summed E-state index contributed by atoms with van der Waals surface area (Å²) in [6, 6.07) is 8.61. The van der Waals surface area contributed by atoms with Gasteiger partial charge in [0.2, 0.25) is 0 Å². The number of halogens is 1. The lowest BCUT2D eigenvalue weighted by Gasteiger charge is -2.27. The van der Waals surface area contributed by atoms with E-state index >= 15 is 0 Å². The van der Waals surface area contributed by atoms with Crippen molar-refractivity contribution in [2.45, 2.75) is 38.3 Å². The molecule has 0 saturated carbocycles. The van der Waals surface area contributed by atoms with Crippen LogP contribution >= 0.6 is 12.4 Å². The topological polar surface area (TPSA) is 41.6 Å². The zero-order valence-corrected chi connectivity index (χ0v) is 13.2. The van der Waals surface area contributed by atoms with E-state index in [2.05, 4.69) is 10.2 Å². The molecule has 0 spiro atoms. The maximum atomic E-state index is 12.4. The van der Waals surface area contributed by atoms with E-state index in [0.717, 1.165) is 43.7 Å². The molecule has 0 aliphatic carbocycles. The molecule has 2 bridgehead atoms. The fraction of sp³-hybridized carbons (Fsp3) is 0.562. The number of rotatable bonds is 3. The number of carbonyl (C=O) groups is 1. The Morgan fingerprint density at radius 2 is 2.14 bits per heavy atom. The van der Waals surface area contributed by atoms with Gasteiger partial charge in [-0.1, -0.05) is 12.1 Å². The number of amides is 1. The zero-order valence-electron chi connectivity index (χ0n) is 12.4. The monoisotopic (exact) mass is 310 g/mol. The fourth-order valence-corrected chi connectivity index (χ4v) is 3.31. The second-order valence-corrected chi connectivity index (χ2v) is 5.78. The SMILES string of the molecule is Cc1cccc(OCC(=O)N2C3CCNCC2CC3)c1.Cl. The second kappa shape index (κ2) is 7.14. The lowest BCUT2D eigenvalue weighted by molar-refractivity contribution is -0.136. The lowest BCUT2D eigenvalue weighted by atomic mass is 10.1. The second-order valence-electron chi connectivity index (χ2n) is 5.78. The summed E-state index contributed by atoms with van der Waals surface area (Å²) in [5, 5.41) is 3.41. The highest BCUT2D eigenvalue weighted by Gasteiger charge is 2.37. The van der Waals surface area contributed by atoms with Gasteiger partial charge >= 0.3 is 0 Å². The van der Waals surface area contributed by atoms with E-state index in [1.807, 2.05) is 31.2 Å². The molecule has 0 aromatic heterocycles. The maximum Gasteiger partial charge on any atom is 0.261 e. The molecule has 4 nitrogen and oxygen atoms in total. The molecule has 2 saturated heterocycles. The van der Waals surface area contributed by atoms with Gasteiger partial charge in [0.1, 0.15) is 5.75 Å². The minimum Gasteiger partial charge on any atom is -0.484 e. The summed E-state index contributed by atoms with van der Waals surface area (Å²) in [5.74, 6) is 0.904. The van der Waals surface area contributed by atoms with Crippen molar-refractivity contribution in [1.29, 1.82) is 0 Å². The number of benzene rings is 1. The Hall–Kier alpha value is -1.26. The fourth-order valence-electron chi connectivity index (χ4n) is 3.31. The molecule has 1 aromatic carbocycles. The molecule has 2 unspecified atom stereocenters. The Morgan fingerprint density at radius 3 is 2.95 bits per heavy atom. The van der Waals surface area contributed by atoms with Crippen LogP contribution in [0.2, 0.25) is 0 Å². The van der Waals surface area contributed by atoms with Crippen molar-refractivity contribution in [3.05, 3.63) is 29.8 Å². The number of fused-ring (bicyclic) bond motifs is 2. The van der Waals surface area contributed by atoms with Crippen LogP contribution in [0.15, 0.2) is 24.3 Å². The number of hydrogen-bond acceptors (Lipinski definition) is 3. The molecule has 2 heterocycles. The molecule has 0 radical (unpaired) electrons. The first-order valence-electron chi connectivity index (χ1n) is 7.45. The Balaban J connectivity index is 0.00000161. The smallest absolute Gasteiger partial charge is 0.261 e. The maximum absolute atomic E-state index is 12.4. The van der Waals surface area contributed by atoms with Crippen molar-refractivity contribution in [3.8, 4) is 5.75 Å². The quantitative estimate of drug-likeness (QED) is 0.930. The average Bonchev–Trinajstić information content (AvgIpc) is 2.69. The molecule has 1 aromatic rings. The van der Waals surface area contributed by atoms with E-state index in [4.69, 9.17) is 4.74 Å². The predicted molar refractivity (Wildman–Crippen MR) is 85.1 cm³/mol. The molecule has 1 N–H and O–H groups in total. The van der Waals surface area contributed by atoms with Gasteiger partial charge in [0.15, 0.2) is 6.61 Å². The van der Waals surface area contributed by atoms with E-state index in [1.54, 1.807) is 0 Å². The Kier molecular flexibility index (Phi) is 5.48. The average molecular weight is 311 g/mol. The van der Waals surface area contributed by atoms with Gasteiger partial charge in [-0.15, -0.1) is 12.4 Å². The number of hydrogen-bond donors (Lipinski definition) is 1. The first-order valence-corrected chi connectivity index (χ1v) is 7.45. The molecular weight excluding hydrogens is 288 g/mol. The highest BCUT2D eigenvalue weighted by molar-refractivity contribution is 5.85. The zero-order chi connectivity index (χ0) is 13.9. The minimum absolute atomic E-state index is 0. The number of ether oxygens (including phenoxy) is 1. The third-order valence-electron chi connectivity index (χ3n) is 4.29. The van der Waals surface area contributed by atoms with Crippen molar-refractivity contribution in [2.24, 2.45) is 0 Å². The standard InChI is InChI=1S/C16H22N2O2.ClH/c1-12-3-2-4-15(9-12)20-11-16(19)18-13-5-6-14(18)10-17-8-7-13;/h2-4,9,13-14,17H,5-8,10-11H2,1H3;1H. The summed E-state index contributed by atoms with van der Waals surface area (Å²) >= 11 is 0. The molecule has 5 heteroatoms. The van der Waals surface area contributed by atoms with Gasteiger partial charge in [0, 0.05) is 18.6 Å². The predicted octanol–water partition coefficient (Wildman–Crippen LogP) is 2.15. The van der Waals surface area contributed by atoms with Gasteiger partial charge in [-0.2, -0.15) is 0 Å². The Morgan fingerprint density at radius 1 is 1.33 bits per heavy atom. The third-order valence-corrected chi connectivity index (χ3v) is 4.29. The summed E-state index contributed by atoms with van der Waals surface area (Å²) in [7, 11) is 0. The first-order chi connectivity index (χ1) is 9.74. The number of nitrogens with one attached hydrogen (secondary N) is 1. The molecule has 2 aliphatic rings. The van der Waals surface area contributed by atoms with Crippen LogP contribution in [0.1, 0.15) is 24.8 Å². The van der Waals surface area contributed by atoms with E-state index in [-0.39, 0.29) is 24.9 Å². The van der Waals surface area contributed by atoms with Gasteiger partial charge in [-0.05, 0) is 50.4 Å². The van der Waals surface area contributed by atoms with Crippen LogP contribution in [0.25, 0.3) is 0 Å². The minimum atomic E-state index is 0. The van der Waals surface area contributed by atoms with Crippen molar-refractivity contribution in [1.82, 2.24) is 10.2 Å². The Bertz CT molecular complexity index is 481. The lowest BCUT2D eigenvalue weighted by Crippen LogP contribution is -2.44. The van der Waals surface area contributed by atoms with Crippen molar-refractivity contribution in [3.63, 3.8) is 0 Å². The van der Waals surface area contributed by atoms with E-state index in [9.17, 15) is 4.79 Å². The molecule has 2 aliphatic heterocycles. The van der Waals surface area contributed by atoms with Crippen molar-refractivity contribution in [2.75, 3.05) is 19.7 Å². The molecule has 1 amide bonds. The summed E-state index contributed by atoms with van der Waals surface area (Å²) in [5.41, 5.74) is 1.15. The highest BCUT2D eigenvalue weighted by Crippen LogP contribution is 2.28. The third kappa shape index (κ3) is 3.69. The van der Waals surface area contributed by atoms with Crippen LogP contribution < -0.4 is 10.1 Å².